The first-order valence-corrected chi connectivity index (χ1v) is 6.70. The zero-order valence-corrected chi connectivity index (χ0v) is 11.1. The molecule has 0 saturated heterocycles. The lowest BCUT2D eigenvalue weighted by atomic mass is 10.1. The summed E-state index contributed by atoms with van der Waals surface area (Å²) in [5, 5.41) is 9.44. The van der Waals surface area contributed by atoms with Crippen LogP contribution in [0.4, 0.5) is 0 Å². The molecule has 0 aliphatic heterocycles. The van der Waals surface area contributed by atoms with Crippen LogP contribution in [0.1, 0.15) is 9.67 Å². The molecule has 20 heavy (non-hydrogen) atoms. The van der Waals surface area contributed by atoms with Crippen molar-refractivity contribution in [2.24, 2.45) is 0 Å². The molecular weight excluding hydrogens is 274 g/mol. The molecule has 3 rings (SSSR count). The Morgan fingerprint density at radius 2 is 1.85 bits per heavy atom. The summed E-state index contributed by atoms with van der Waals surface area (Å²) in [6.45, 7) is 0. The molecule has 0 unspecified atom stereocenters. The normalized spacial score (nSPS) is 10.6. The topological polar surface area (TPSA) is 67.3 Å². The Balaban J connectivity index is 2.25. The smallest absolute Gasteiger partial charge is 0.346 e. The van der Waals surface area contributed by atoms with Crippen LogP contribution in [0.15, 0.2) is 53.3 Å². The molecule has 5 heteroatoms. The summed E-state index contributed by atoms with van der Waals surface area (Å²) in [4.78, 5) is 27.3. The molecule has 1 aromatic carbocycles. The summed E-state index contributed by atoms with van der Waals surface area (Å²) in [6, 6.07) is 14.4. The molecule has 0 radical (unpaired) electrons. The Kier molecular flexibility index (Phi) is 3.04. The second-order valence-corrected chi connectivity index (χ2v) is 5.21. The van der Waals surface area contributed by atoms with E-state index in [0.29, 0.717) is 16.6 Å². The van der Waals surface area contributed by atoms with E-state index < -0.39 is 5.97 Å². The monoisotopic (exact) mass is 283 g/mol. The maximum absolute atomic E-state index is 11.9. The number of pyridine rings is 1. The van der Waals surface area contributed by atoms with Gasteiger partial charge < -0.3 is 5.11 Å². The molecule has 1 N–H and O–H groups in total. The van der Waals surface area contributed by atoms with Crippen molar-refractivity contribution in [2.75, 3.05) is 0 Å². The minimum Gasteiger partial charge on any atom is -0.477 e. The Hall–Kier alpha value is -2.53. The van der Waals surface area contributed by atoms with Gasteiger partial charge in [0.15, 0.2) is 0 Å². The zero-order valence-electron chi connectivity index (χ0n) is 10.2. The van der Waals surface area contributed by atoms with Crippen LogP contribution in [0.2, 0.25) is 0 Å². The van der Waals surface area contributed by atoms with E-state index in [1.54, 1.807) is 12.1 Å². The molecule has 0 aliphatic rings. The number of carboxylic acid groups (broad SMARTS) is 1. The number of hydrogen-bond donors (Lipinski definition) is 1. The number of carbonyl (C=O) groups is 1. The first kappa shape index (κ1) is 12.5. The van der Waals surface area contributed by atoms with E-state index in [4.69, 9.17) is 5.11 Å². The van der Waals surface area contributed by atoms with Crippen molar-refractivity contribution < 1.29 is 9.90 Å². The highest BCUT2D eigenvalue weighted by atomic mass is 32.1. The number of carboxylic acids is 1. The van der Waals surface area contributed by atoms with Gasteiger partial charge in [-0.3, -0.25) is 4.79 Å². The van der Waals surface area contributed by atoms with E-state index in [9.17, 15) is 9.59 Å². The Morgan fingerprint density at radius 1 is 1.10 bits per heavy atom. The molecule has 0 fully saturated rings. The lowest BCUT2D eigenvalue weighted by Crippen LogP contribution is -2.03. The Bertz CT molecular complexity index is 856. The molecule has 2 heterocycles. The van der Waals surface area contributed by atoms with Gasteiger partial charge in [-0.15, -0.1) is 0 Å². The summed E-state index contributed by atoms with van der Waals surface area (Å²) < 4.78 is -0.285. The summed E-state index contributed by atoms with van der Waals surface area (Å²) in [7, 11) is 0. The quantitative estimate of drug-likeness (QED) is 0.785. The van der Waals surface area contributed by atoms with Crippen molar-refractivity contribution in [1.29, 1.82) is 0 Å². The van der Waals surface area contributed by atoms with Gasteiger partial charge in [0.25, 0.3) is 0 Å². The number of rotatable bonds is 2. The second-order valence-electron chi connectivity index (χ2n) is 4.20. The molecule has 98 valence electrons. The molecule has 0 aliphatic carbocycles. The predicted octanol–water partition coefficient (Wildman–Crippen LogP) is 3.02. The predicted molar refractivity (Wildman–Crippen MR) is 78.3 cm³/mol. The molecule has 4 nitrogen and oxygen atoms in total. The average molecular weight is 283 g/mol. The SMILES string of the molecule is O=C(O)c1cc2nc(-c3ccccc3)ccc2c(=O)s1. The molecule has 0 amide bonds. The number of nitrogens with zero attached hydrogens (tertiary/aromatic N) is 1. The largest absolute Gasteiger partial charge is 0.477 e. The van der Waals surface area contributed by atoms with E-state index >= 15 is 0 Å². The van der Waals surface area contributed by atoms with Crippen molar-refractivity contribution in [2.45, 2.75) is 0 Å². The third-order valence-corrected chi connectivity index (χ3v) is 3.81. The van der Waals surface area contributed by atoms with Gasteiger partial charge in [-0.25, -0.2) is 9.78 Å². The molecule has 0 bridgehead atoms. The summed E-state index contributed by atoms with van der Waals surface area (Å²) in [5.74, 6) is -1.11. The highest BCUT2D eigenvalue weighted by Crippen LogP contribution is 2.20. The molecule has 2 aromatic heterocycles. The van der Waals surface area contributed by atoms with E-state index in [2.05, 4.69) is 4.98 Å². The molecule has 0 atom stereocenters. The summed E-state index contributed by atoms with van der Waals surface area (Å²) in [5.41, 5.74) is 2.05. The van der Waals surface area contributed by atoms with Crippen LogP contribution in [-0.4, -0.2) is 16.1 Å². The van der Waals surface area contributed by atoms with E-state index in [0.717, 1.165) is 16.9 Å². The van der Waals surface area contributed by atoms with Crippen LogP contribution in [0, 0.1) is 0 Å². The third kappa shape index (κ3) is 2.19. The van der Waals surface area contributed by atoms with Gasteiger partial charge in [0, 0.05) is 5.56 Å². The van der Waals surface area contributed by atoms with Crippen LogP contribution in [0.25, 0.3) is 22.2 Å². The van der Waals surface area contributed by atoms with Crippen LogP contribution >= 0.6 is 11.3 Å². The van der Waals surface area contributed by atoms with Crippen molar-refractivity contribution in [3.8, 4) is 11.3 Å². The highest BCUT2D eigenvalue weighted by Gasteiger charge is 2.10. The molecule has 3 aromatic rings. The number of aromatic nitrogens is 1. The van der Waals surface area contributed by atoms with Crippen molar-refractivity contribution in [1.82, 2.24) is 4.98 Å². The zero-order chi connectivity index (χ0) is 14.1. The maximum atomic E-state index is 11.9. The van der Waals surface area contributed by atoms with Crippen molar-refractivity contribution >= 4 is 28.2 Å². The van der Waals surface area contributed by atoms with Crippen molar-refractivity contribution in [3.05, 3.63) is 62.9 Å². The van der Waals surface area contributed by atoms with Gasteiger partial charge in [0.2, 0.25) is 4.74 Å². The molecular formula is C15H9NO3S. The number of hydrogen-bond acceptors (Lipinski definition) is 4. The molecule has 0 saturated carbocycles. The van der Waals surface area contributed by atoms with Gasteiger partial charge in [-0.05, 0) is 18.2 Å². The van der Waals surface area contributed by atoms with Crippen LogP contribution < -0.4 is 4.74 Å². The first-order chi connectivity index (χ1) is 9.65. The Labute approximate surface area is 118 Å². The minimum atomic E-state index is -1.11. The molecule has 0 spiro atoms. The standard InChI is InChI=1S/C15H9NO3S/c17-14(18)13-8-12-10(15(19)20-13)6-7-11(16-12)9-4-2-1-3-5-9/h1-8H,(H,17,18). The van der Waals surface area contributed by atoms with Gasteiger partial charge in [0.05, 0.1) is 16.6 Å². The number of fused-ring (bicyclic) bond motifs is 1. The van der Waals surface area contributed by atoms with Crippen molar-refractivity contribution in [3.63, 3.8) is 0 Å². The fourth-order valence-electron chi connectivity index (χ4n) is 1.94. The lowest BCUT2D eigenvalue weighted by Gasteiger charge is -2.03. The van der Waals surface area contributed by atoms with Gasteiger partial charge in [0.1, 0.15) is 4.88 Å². The average Bonchev–Trinajstić information content (AvgIpc) is 2.47. The number of benzene rings is 1. The van der Waals surface area contributed by atoms with Gasteiger partial charge >= 0.3 is 5.97 Å². The first-order valence-electron chi connectivity index (χ1n) is 5.89. The van der Waals surface area contributed by atoms with E-state index in [1.807, 2.05) is 30.3 Å². The van der Waals surface area contributed by atoms with Crippen LogP contribution in [-0.2, 0) is 0 Å². The minimum absolute atomic E-state index is 0.000196. The lowest BCUT2D eigenvalue weighted by molar-refractivity contribution is 0.0702. The third-order valence-electron chi connectivity index (χ3n) is 2.90. The van der Waals surface area contributed by atoms with Crippen LogP contribution in [0.3, 0.4) is 0 Å². The highest BCUT2D eigenvalue weighted by molar-refractivity contribution is 7.11. The summed E-state index contributed by atoms with van der Waals surface area (Å²) >= 11 is 0.721. The number of aromatic carboxylic acids is 1. The second kappa shape index (κ2) is 4.86. The fourth-order valence-corrected chi connectivity index (χ4v) is 2.68. The van der Waals surface area contributed by atoms with E-state index in [1.165, 1.54) is 6.07 Å². The maximum Gasteiger partial charge on any atom is 0.346 e. The van der Waals surface area contributed by atoms with Crippen LogP contribution in [0.5, 0.6) is 0 Å². The van der Waals surface area contributed by atoms with Gasteiger partial charge in [-0.2, -0.15) is 0 Å². The fraction of sp³-hybridized carbons (Fsp3) is 0. The van der Waals surface area contributed by atoms with E-state index in [-0.39, 0.29) is 9.62 Å². The summed E-state index contributed by atoms with van der Waals surface area (Å²) in [6.07, 6.45) is 0. The Morgan fingerprint density at radius 3 is 2.55 bits per heavy atom. The van der Waals surface area contributed by atoms with Gasteiger partial charge in [-0.1, -0.05) is 41.7 Å².